The number of rotatable bonds is 4. The maximum atomic E-state index is 11.4. The van der Waals surface area contributed by atoms with Crippen molar-refractivity contribution >= 4 is 9.84 Å². The minimum absolute atomic E-state index is 0.104. The van der Waals surface area contributed by atoms with E-state index < -0.39 is 9.84 Å². The number of hydrogen-bond acceptors (Lipinski definition) is 6. The molecule has 1 saturated heterocycles. The van der Waals surface area contributed by atoms with Crippen molar-refractivity contribution < 1.29 is 8.42 Å². The van der Waals surface area contributed by atoms with Crippen LogP contribution < -0.4 is 5.32 Å². The van der Waals surface area contributed by atoms with E-state index in [-0.39, 0.29) is 17.5 Å². The molecule has 0 bridgehead atoms. The molecule has 0 unspecified atom stereocenters. The van der Waals surface area contributed by atoms with Gasteiger partial charge in [0.2, 0.25) is 0 Å². The fourth-order valence-corrected chi connectivity index (χ4v) is 3.50. The van der Waals surface area contributed by atoms with Crippen molar-refractivity contribution in [2.75, 3.05) is 11.5 Å². The molecule has 102 valence electrons. The van der Waals surface area contributed by atoms with Crippen LogP contribution in [0.25, 0.3) is 0 Å². The molecule has 18 heavy (non-hydrogen) atoms. The molecule has 2 heterocycles. The lowest BCUT2D eigenvalue weighted by molar-refractivity contribution is 0.386. The van der Waals surface area contributed by atoms with E-state index in [2.05, 4.69) is 34.7 Å². The number of nitrogens with zero attached hydrogens (tertiary/aromatic N) is 4. The minimum atomic E-state index is -2.84. The van der Waals surface area contributed by atoms with Crippen molar-refractivity contribution in [1.29, 1.82) is 0 Å². The fraction of sp³-hybridized carbons (Fsp3) is 0.900. The second-order valence-corrected chi connectivity index (χ2v) is 7.26. The maximum Gasteiger partial charge on any atom is 0.165 e. The molecule has 1 fully saturated rings. The second-order valence-electron chi connectivity index (χ2n) is 4.96. The van der Waals surface area contributed by atoms with Crippen LogP contribution in [0.5, 0.6) is 0 Å². The Hall–Kier alpha value is -1.02. The zero-order chi connectivity index (χ0) is 13.2. The first-order chi connectivity index (χ1) is 8.48. The molecule has 0 aromatic carbocycles. The Balaban J connectivity index is 2.03. The van der Waals surface area contributed by atoms with Crippen LogP contribution in [-0.4, -0.2) is 46.2 Å². The summed E-state index contributed by atoms with van der Waals surface area (Å²) >= 11 is 0. The summed E-state index contributed by atoms with van der Waals surface area (Å²) in [5.41, 5.74) is 0. The van der Waals surface area contributed by atoms with Gasteiger partial charge in [0.05, 0.1) is 24.1 Å². The number of tetrazole rings is 1. The molecule has 0 amide bonds. The highest BCUT2D eigenvalue weighted by Gasteiger charge is 2.27. The van der Waals surface area contributed by atoms with Crippen molar-refractivity contribution in [1.82, 2.24) is 25.5 Å². The lowest BCUT2D eigenvalue weighted by Gasteiger charge is -2.22. The van der Waals surface area contributed by atoms with Gasteiger partial charge < -0.3 is 5.32 Å². The molecule has 0 radical (unpaired) electrons. The first-order valence-corrected chi connectivity index (χ1v) is 8.00. The highest BCUT2D eigenvalue weighted by molar-refractivity contribution is 7.91. The van der Waals surface area contributed by atoms with E-state index in [1.807, 2.05) is 0 Å². The zero-order valence-corrected chi connectivity index (χ0v) is 11.5. The molecule has 0 aliphatic carbocycles. The van der Waals surface area contributed by atoms with Gasteiger partial charge in [-0.3, -0.25) is 0 Å². The average Bonchev–Trinajstić information content (AvgIpc) is 2.74. The fourth-order valence-electron chi connectivity index (χ4n) is 2.03. The monoisotopic (exact) mass is 273 g/mol. The van der Waals surface area contributed by atoms with Crippen molar-refractivity contribution in [3.8, 4) is 0 Å². The summed E-state index contributed by atoms with van der Waals surface area (Å²) < 4.78 is 24.6. The number of hydrogen-bond donors (Lipinski definition) is 1. The summed E-state index contributed by atoms with van der Waals surface area (Å²) in [5, 5.41) is 14.9. The van der Waals surface area contributed by atoms with Gasteiger partial charge in [0, 0.05) is 6.04 Å². The SMILES string of the molecule is CC(C)NCc1nnnn1C1CCS(=O)(=O)CC1. The Bertz CT molecular complexity index is 482. The molecule has 2 rings (SSSR count). The van der Waals surface area contributed by atoms with Crippen LogP contribution in [0.4, 0.5) is 0 Å². The Morgan fingerprint density at radius 3 is 2.67 bits per heavy atom. The summed E-state index contributed by atoms with van der Waals surface area (Å²) in [6.45, 7) is 4.72. The summed E-state index contributed by atoms with van der Waals surface area (Å²) in [6, 6.07) is 0.467. The smallest absolute Gasteiger partial charge is 0.165 e. The van der Waals surface area contributed by atoms with Crippen molar-refractivity contribution in [3.63, 3.8) is 0 Å². The van der Waals surface area contributed by atoms with Gasteiger partial charge in [-0.15, -0.1) is 5.10 Å². The first kappa shape index (κ1) is 13.4. The first-order valence-electron chi connectivity index (χ1n) is 6.18. The van der Waals surface area contributed by atoms with E-state index in [0.717, 1.165) is 5.82 Å². The largest absolute Gasteiger partial charge is 0.308 e. The minimum Gasteiger partial charge on any atom is -0.308 e. The Morgan fingerprint density at radius 1 is 1.39 bits per heavy atom. The van der Waals surface area contributed by atoms with E-state index in [4.69, 9.17) is 0 Å². The molecular weight excluding hydrogens is 254 g/mol. The van der Waals surface area contributed by atoms with Crippen molar-refractivity contribution in [2.45, 2.75) is 45.3 Å². The lowest BCUT2D eigenvalue weighted by Crippen LogP contribution is -2.29. The zero-order valence-electron chi connectivity index (χ0n) is 10.7. The topological polar surface area (TPSA) is 89.8 Å². The highest BCUT2D eigenvalue weighted by atomic mass is 32.2. The van der Waals surface area contributed by atoms with Gasteiger partial charge >= 0.3 is 0 Å². The number of aromatic nitrogens is 4. The van der Waals surface area contributed by atoms with Gasteiger partial charge in [-0.2, -0.15) is 0 Å². The van der Waals surface area contributed by atoms with Crippen LogP contribution in [-0.2, 0) is 16.4 Å². The highest BCUT2D eigenvalue weighted by Crippen LogP contribution is 2.23. The summed E-state index contributed by atoms with van der Waals surface area (Å²) in [4.78, 5) is 0. The molecule has 1 aliphatic rings. The molecule has 7 nitrogen and oxygen atoms in total. The molecule has 1 N–H and O–H groups in total. The van der Waals surface area contributed by atoms with E-state index in [9.17, 15) is 8.42 Å². The van der Waals surface area contributed by atoms with Gasteiger partial charge in [0.15, 0.2) is 5.82 Å². The normalized spacial score (nSPS) is 20.4. The molecule has 1 aromatic heterocycles. The van der Waals surface area contributed by atoms with Crippen LogP contribution in [0.1, 0.15) is 38.6 Å². The predicted molar refractivity (Wildman–Crippen MR) is 66.7 cm³/mol. The second kappa shape index (κ2) is 5.31. The lowest BCUT2D eigenvalue weighted by atomic mass is 10.1. The van der Waals surface area contributed by atoms with Crippen LogP contribution >= 0.6 is 0 Å². The number of nitrogens with one attached hydrogen (secondary N) is 1. The quantitative estimate of drug-likeness (QED) is 0.825. The maximum absolute atomic E-state index is 11.4. The third-order valence-corrected chi connectivity index (χ3v) is 4.81. The Kier molecular flexibility index (Phi) is 3.96. The summed E-state index contributed by atoms with van der Waals surface area (Å²) in [5.74, 6) is 1.23. The standard InChI is InChI=1S/C10H19N5O2S/c1-8(2)11-7-10-12-13-14-15(10)9-3-5-18(16,17)6-4-9/h8-9,11H,3-7H2,1-2H3. The molecule has 0 spiro atoms. The molecule has 1 aliphatic heterocycles. The van der Waals surface area contributed by atoms with Crippen LogP contribution in [0.15, 0.2) is 0 Å². The Morgan fingerprint density at radius 2 is 2.06 bits per heavy atom. The van der Waals surface area contributed by atoms with Crippen molar-refractivity contribution in [3.05, 3.63) is 5.82 Å². The Labute approximate surface area is 107 Å². The van der Waals surface area contributed by atoms with E-state index >= 15 is 0 Å². The van der Waals surface area contributed by atoms with E-state index in [1.54, 1.807) is 4.68 Å². The predicted octanol–water partition coefficient (Wildman–Crippen LogP) is -0.0792. The van der Waals surface area contributed by atoms with Gasteiger partial charge in [0.25, 0.3) is 0 Å². The molecule has 8 heteroatoms. The molecule has 0 saturated carbocycles. The third-order valence-electron chi connectivity index (χ3n) is 3.10. The van der Waals surface area contributed by atoms with Crippen LogP contribution in [0, 0.1) is 0 Å². The van der Waals surface area contributed by atoms with Gasteiger partial charge in [-0.1, -0.05) is 13.8 Å². The van der Waals surface area contributed by atoms with Crippen LogP contribution in [0.3, 0.4) is 0 Å². The van der Waals surface area contributed by atoms with Crippen LogP contribution in [0.2, 0.25) is 0 Å². The summed E-state index contributed by atoms with van der Waals surface area (Å²) in [6.07, 6.45) is 1.20. The van der Waals surface area contributed by atoms with E-state index in [0.29, 0.717) is 25.4 Å². The average molecular weight is 273 g/mol. The van der Waals surface area contributed by atoms with E-state index in [1.165, 1.54) is 0 Å². The number of sulfone groups is 1. The van der Waals surface area contributed by atoms with Gasteiger partial charge in [-0.25, -0.2) is 13.1 Å². The third kappa shape index (κ3) is 3.26. The molecule has 0 atom stereocenters. The van der Waals surface area contributed by atoms with Gasteiger partial charge in [-0.05, 0) is 23.3 Å². The van der Waals surface area contributed by atoms with Crippen molar-refractivity contribution in [2.24, 2.45) is 0 Å². The summed E-state index contributed by atoms with van der Waals surface area (Å²) in [7, 11) is -2.84. The van der Waals surface area contributed by atoms with Gasteiger partial charge in [0.1, 0.15) is 9.84 Å². The molecule has 1 aromatic rings. The molecular formula is C10H19N5O2S.